The number of esters is 1. The minimum Gasteiger partial charge on any atom is -0.465 e. The van der Waals surface area contributed by atoms with Crippen LogP contribution in [0.2, 0.25) is 0 Å². The molecule has 0 atom stereocenters. The minimum absolute atomic E-state index is 0.136. The van der Waals surface area contributed by atoms with Gasteiger partial charge in [-0.25, -0.2) is 13.2 Å². The Kier molecular flexibility index (Phi) is 6.00. The largest absolute Gasteiger partial charge is 0.465 e. The number of ether oxygens (including phenoxy) is 1. The lowest BCUT2D eigenvalue weighted by molar-refractivity contribution is 0.0599. The highest BCUT2D eigenvalue weighted by Crippen LogP contribution is 2.25. The van der Waals surface area contributed by atoms with Gasteiger partial charge in [0.1, 0.15) is 0 Å². The first-order valence-electron chi connectivity index (χ1n) is 7.35. The van der Waals surface area contributed by atoms with Crippen LogP contribution in [0.1, 0.15) is 42.5 Å². The van der Waals surface area contributed by atoms with E-state index in [1.807, 2.05) is 0 Å². The standard InChI is InChI=1S/C15H20BrNO4S/c1-21-15(18)13-11-12(7-8-14(13)16)22(19,20)17-9-5-3-2-4-6-10-17/h7-8,11H,2-6,9-10H2,1H3. The zero-order valence-corrected chi connectivity index (χ0v) is 15.0. The van der Waals surface area contributed by atoms with Gasteiger partial charge >= 0.3 is 5.97 Å². The first-order valence-corrected chi connectivity index (χ1v) is 9.58. The van der Waals surface area contributed by atoms with Crippen LogP contribution in [-0.4, -0.2) is 38.9 Å². The Morgan fingerprint density at radius 3 is 2.32 bits per heavy atom. The van der Waals surface area contributed by atoms with Crippen molar-refractivity contribution in [2.45, 2.75) is 37.0 Å². The maximum atomic E-state index is 12.8. The summed E-state index contributed by atoms with van der Waals surface area (Å²) >= 11 is 3.25. The molecule has 122 valence electrons. The zero-order chi connectivity index (χ0) is 16.2. The monoisotopic (exact) mass is 389 g/mol. The van der Waals surface area contributed by atoms with Gasteiger partial charge in [-0.05, 0) is 47.0 Å². The maximum absolute atomic E-state index is 12.8. The second kappa shape index (κ2) is 7.57. The molecule has 1 aromatic carbocycles. The second-order valence-electron chi connectivity index (χ2n) is 5.31. The van der Waals surface area contributed by atoms with E-state index in [0.29, 0.717) is 17.6 Å². The van der Waals surface area contributed by atoms with Crippen molar-refractivity contribution in [3.8, 4) is 0 Å². The Morgan fingerprint density at radius 2 is 1.73 bits per heavy atom. The highest BCUT2D eigenvalue weighted by molar-refractivity contribution is 9.10. The van der Waals surface area contributed by atoms with Crippen molar-refractivity contribution in [2.75, 3.05) is 20.2 Å². The molecule has 0 aromatic heterocycles. The number of carbonyl (C=O) groups excluding carboxylic acids is 1. The van der Waals surface area contributed by atoms with E-state index >= 15 is 0 Å². The van der Waals surface area contributed by atoms with Crippen LogP contribution in [0, 0.1) is 0 Å². The number of nitrogens with zero attached hydrogens (tertiary/aromatic N) is 1. The predicted molar refractivity (Wildman–Crippen MR) is 87.3 cm³/mol. The van der Waals surface area contributed by atoms with Gasteiger partial charge in [0.15, 0.2) is 0 Å². The topological polar surface area (TPSA) is 63.7 Å². The predicted octanol–water partition coefficient (Wildman–Crippen LogP) is 3.19. The average molecular weight is 390 g/mol. The van der Waals surface area contributed by atoms with E-state index in [9.17, 15) is 13.2 Å². The quantitative estimate of drug-likeness (QED) is 0.744. The molecule has 2 rings (SSSR count). The van der Waals surface area contributed by atoms with Crippen LogP contribution in [0.15, 0.2) is 27.6 Å². The molecule has 1 aliphatic rings. The number of halogens is 1. The molecule has 1 fully saturated rings. The van der Waals surface area contributed by atoms with Crippen LogP contribution in [0.3, 0.4) is 0 Å². The van der Waals surface area contributed by atoms with E-state index in [-0.39, 0.29) is 10.5 Å². The van der Waals surface area contributed by atoms with Gasteiger partial charge in [-0.3, -0.25) is 0 Å². The summed E-state index contributed by atoms with van der Waals surface area (Å²) in [5.41, 5.74) is 0.218. The van der Waals surface area contributed by atoms with Gasteiger partial charge in [0, 0.05) is 17.6 Å². The molecule has 0 spiro atoms. The van der Waals surface area contributed by atoms with Gasteiger partial charge < -0.3 is 4.74 Å². The molecule has 7 heteroatoms. The van der Waals surface area contributed by atoms with Crippen LogP contribution in [-0.2, 0) is 14.8 Å². The lowest BCUT2D eigenvalue weighted by atomic mass is 10.1. The molecule has 0 radical (unpaired) electrons. The van der Waals surface area contributed by atoms with Gasteiger partial charge in [-0.15, -0.1) is 0 Å². The maximum Gasteiger partial charge on any atom is 0.339 e. The van der Waals surface area contributed by atoms with E-state index in [0.717, 1.165) is 25.7 Å². The van der Waals surface area contributed by atoms with Gasteiger partial charge in [0.2, 0.25) is 10.0 Å². The Morgan fingerprint density at radius 1 is 1.14 bits per heavy atom. The molecule has 0 aliphatic carbocycles. The Labute approximate surface area is 139 Å². The van der Waals surface area contributed by atoms with Gasteiger partial charge in [0.25, 0.3) is 0 Å². The summed E-state index contributed by atoms with van der Waals surface area (Å²) in [6, 6.07) is 4.47. The van der Waals surface area contributed by atoms with Crippen molar-refractivity contribution >= 4 is 31.9 Å². The summed E-state index contributed by atoms with van der Waals surface area (Å²) in [5, 5.41) is 0. The first-order chi connectivity index (χ1) is 10.5. The Hall–Kier alpha value is -0.920. The van der Waals surface area contributed by atoms with E-state index in [2.05, 4.69) is 20.7 Å². The van der Waals surface area contributed by atoms with Crippen molar-refractivity contribution in [3.05, 3.63) is 28.2 Å². The van der Waals surface area contributed by atoms with Crippen molar-refractivity contribution in [2.24, 2.45) is 0 Å². The average Bonchev–Trinajstić information content (AvgIpc) is 2.46. The van der Waals surface area contributed by atoms with E-state index in [4.69, 9.17) is 0 Å². The molecule has 22 heavy (non-hydrogen) atoms. The molecule has 1 saturated heterocycles. The summed E-state index contributed by atoms with van der Waals surface area (Å²) in [5.74, 6) is -0.559. The molecule has 0 saturated carbocycles. The number of sulfonamides is 1. The fourth-order valence-electron chi connectivity index (χ4n) is 2.54. The highest BCUT2D eigenvalue weighted by Gasteiger charge is 2.26. The summed E-state index contributed by atoms with van der Waals surface area (Å²) in [6.45, 7) is 1.07. The zero-order valence-electron chi connectivity index (χ0n) is 12.5. The van der Waals surface area contributed by atoms with Gasteiger partial charge in [0.05, 0.1) is 17.6 Å². The normalized spacial score (nSPS) is 17.5. The van der Waals surface area contributed by atoms with Crippen molar-refractivity contribution in [3.63, 3.8) is 0 Å². The third kappa shape index (κ3) is 3.88. The number of hydrogen-bond acceptors (Lipinski definition) is 4. The molecular weight excluding hydrogens is 370 g/mol. The van der Waals surface area contributed by atoms with Gasteiger partial charge in [-0.2, -0.15) is 4.31 Å². The summed E-state index contributed by atoms with van der Waals surface area (Å²) in [7, 11) is -2.31. The minimum atomic E-state index is -3.58. The molecule has 0 amide bonds. The van der Waals surface area contributed by atoms with Crippen LogP contribution in [0.25, 0.3) is 0 Å². The molecule has 1 aromatic rings. The number of methoxy groups -OCH3 is 1. The SMILES string of the molecule is COC(=O)c1cc(S(=O)(=O)N2CCCCCCC2)ccc1Br. The van der Waals surface area contributed by atoms with Crippen LogP contribution >= 0.6 is 15.9 Å². The molecular formula is C15H20BrNO4S. The van der Waals surface area contributed by atoms with Crippen LogP contribution in [0.4, 0.5) is 0 Å². The fraction of sp³-hybridized carbons (Fsp3) is 0.533. The molecule has 5 nitrogen and oxygen atoms in total. The number of carbonyl (C=O) groups is 1. The van der Waals surface area contributed by atoms with Crippen LogP contribution < -0.4 is 0 Å². The highest BCUT2D eigenvalue weighted by atomic mass is 79.9. The van der Waals surface area contributed by atoms with E-state index in [1.54, 1.807) is 6.07 Å². The van der Waals surface area contributed by atoms with E-state index in [1.165, 1.54) is 30.0 Å². The summed E-state index contributed by atoms with van der Waals surface area (Å²) in [4.78, 5) is 11.9. The smallest absolute Gasteiger partial charge is 0.339 e. The third-order valence-electron chi connectivity index (χ3n) is 3.80. The molecule has 0 N–H and O–H groups in total. The molecule has 0 unspecified atom stereocenters. The molecule has 0 bridgehead atoms. The van der Waals surface area contributed by atoms with E-state index < -0.39 is 16.0 Å². The molecule has 1 aliphatic heterocycles. The van der Waals surface area contributed by atoms with Gasteiger partial charge in [-0.1, -0.05) is 19.3 Å². The van der Waals surface area contributed by atoms with Crippen molar-refractivity contribution in [1.82, 2.24) is 4.31 Å². The number of hydrogen-bond donors (Lipinski definition) is 0. The Balaban J connectivity index is 2.34. The lowest BCUT2D eigenvalue weighted by Crippen LogP contribution is -2.34. The number of rotatable bonds is 3. The van der Waals surface area contributed by atoms with Crippen LogP contribution in [0.5, 0.6) is 0 Å². The first kappa shape index (κ1) is 17.4. The summed E-state index contributed by atoms with van der Waals surface area (Å²) in [6.07, 6.45) is 5.03. The number of benzene rings is 1. The second-order valence-corrected chi connectivity index (χ2v) is 8.10. The fourth-order valence-corrected chi connectivity index (χ4v) is 4.49. The Bertz CT molecular complexity index is 637. The van der Waals surface area contributed by atoms with Crippen molar-refractivity contribution < 1.29 is 17.9 Å². The third-order valence-corrected chi connectivity index (χ3v) is 6.38. The molecule has 1 heterocycles. The van der Waals surface area contributed by atoms with Crippen molar-refractivity contribution in [1.29, 1.82) is 0 Å². The summed E-state index contributed by atoms with van der Waals surface area (Å²) < 4.78 is 32.3. The lowest BCUT2D eigenvalue weighted by Gasteiger charge is -2.24.